The van der Waals surface area contributed by atoms with Crippen molar-refractivity contribution >= 4 is 52.7 Å². The lowest BCUT2D eigenvalue weighted by Gasteiger charge is -2.19. The van der Waals surface area contributed by atoms with E-state index < -0.39 is 54.6 Å². The quantitative estimate of drug-likeness (QED) is 0.365. The number of H-pyrrole nitrogens is 1. The number of carbonyl (C=O) groups excluding carboxylic acids is 4. The molecule has 0 fully saturated rings. The van der Waals surface area contributed by atoms with Gasteiger partial charge in [-0.25, -0.2) is 9.78 Å². The number of hydrogen-bond donors (Lipinski definition) is 4. The number of nitrogens with one attached hydrogen (secondary N) is 3. The van der Waals surface area contributed by atoms with Gasteiger partial charge in [0.25, 0.3) is 5.91 Å². The van der Waals surface area contributed by atoms with Crippen molar-refractivity contribution in [1.82, 2.24) is 20.6 Å². The highest BCUT2D eigenvalue weighted by atomic mass is 35.5. The number of amides is 2. The maximum atomic E-state index is 12.4. The number of carboxylic acid groups (broad SMARTS) is 1. The van der Waals surface area contributed by atoms with Crippen LogP contribution in [0.25, 0.3) is 0 Å². The SMILES string of the molecule is C[C@H](NC(=O)c1ncc[nH]1)C(=O)NC(CC(=O)O)C(=O)COC(=O)c1c(Cl)cccc1Cl. The van der Waals surface area contributed by atoms with Crippen molar-refractivity contribution in [2.24, 2.45) is 0 Å². The number of benzene rings is 1. The van der Waals surface area contributed by atoms with Crippen LogP contribution in [0.15, 0.2) is 30.6 Å². The highest BCUT2D eigenvalue weighted by molar-refractivity contribution is 6.39. The molecule has 2 rings (SSSR count). The van der Waals surface area contributed by atoms with Crippen LogP contribution in [0.3, 0.4) is 0 Å². The number of rotatable bonds is 10. The molecule has 0 saturated carbocycles. The smallest absolute Gasteiger partial charge is 0.341 e. The second kappa shape index (κ2) is 11.3. The van der Waals surface area contributed by atoms with Crippen LogP contribution in [-0.4, -0.2) is 63.3 Å². The second-order valence-electron chi connectivity index (χ2n) is 6.43. The molecule has 0 radical (unpaired) electrons. The Morgan fingerprint density at radius 1 is 1.16 bits per heavy atom. The molecule has 0 aliphatic carbocycles. The van der Waals surface area contributed by atoms with Gasteiger partial charge in [-0.15, -0.1) is 0 Å². The zero-order valence-corrected chi connectivity index (χ0v) is 18.1. The Hall–Kier alpha value is -3.44. The van der Waals surface area contributed by atoms with Gasteiger partial charge in [0.1, 0.15) is 12.1 Å². The first-order valence-corrected chi connectivity index (χ1v) is 9.82. The first-order valence-electron chi connectivity index (χ1n) is 9.06. The first-order chi connectivity index (χ1) is 15.1. The predicted octanol–water partition coefficient (Wildman–Crippen LogP) is 1.22. The van der Waals surface area contributed by atoms with E-state index in [0.29, 0.717) is 0 Å². The molecule has 170 valence electrons. The number of esters is 1. The van der Waals surface area contributed by atoms with Gasteiger partial charge in [0.05, 0.1) is 22.0 Å². The fourth-order valence-corrected chi connectivity index (χ4v) is 2.99. The maximum absolute atomic E-state index is 12.4. The van der Waals surface area contributed by atoms with Gasteiger partial charge in [0.2, 0.25) is 5.91 Å². The molecule has 0 saturated heterocycles. The Labute approximate surface area is 191 Å². The van der Waals surface area contributed by atoms with Gasteiger partial charge in [0.15, 0.2) is 18.2 Å². The molecule has 1 heterocycles. The van der Waals surface area contributed by atoms with Crippen LogP contribution >= 0.6 is 23.2 Å². The molecule has 1 aromatic carbocycles. The largest absolute Gasteiger partial charge is 0.481 e. The number of imidazole rings is 1. The van der Waals surface area contributed by atoms with Gasteiger partial charge in [-0.05, 0) is 19.1 Å². The molecule has 32 heavy (non-hydrogen) atoms. The Morgan fingerprint density at radius 3 is 2.38 bits per heavy atom. The lowest BCUT2D eigenvalue weighted by atomic mass is 10.1. The molecule has 13 heteroatoms. The van der Waals surface area contributed by atoms with Crippen LogP contribution in [0, 0.1) is 0 Å². The lowest BCUT2D eigenvalue weighted by Crippen LogP contribution is -2.51. The number of halogens is 2. The van der Waals surface area contributed by atoms with E-state index in [-0.39, 0.29) is 21.4 Å². The van der Waals surface area contributed by atoms with Crippen LogP contribution in [0.5, 0.6) is 0 Å². The maximum Gasteiger partial charge on any atom is 0.341 e. The molecule has 2 aromatic rings. The molecule has 1 unspecified atom stereocenters. The van der Waals surface area contributed by atoms with E-state index in [0.717, 1.165) is 0 Å². The average molecular weight is 485 g/mol. The molecule has 2 atom stereocenters. The molecule has 4 N–H and O–H groups in total. The van der Waals surface area contributed by atoms with E-state index in [9.17, 15) is 24.0 Å². The van der Waals surface area contributed by atoms with E-state index >= 15 is 0 Å². The third-order valence-corrected chi connectivity index (χ3v) is 4.68. The minimum atomic E-state index is -1.52. The fraction of sp³-hybridized carbons (Fsp3) is 0.263. The van der Waals surface area contributed by atoms with Gasteiger partial charge in [0, 0.05) is 12.4 Å². The van der Waals surface area contributed by atoms with Crippen LogP contribution in [-0.2, 0) is 19.1 Å². The molecule has 0 bridgehead atoms. The first kappa shape index (κ1) is 24.8. The third kappa shape index (κ3) is 6.79. The van der Waals surface area contributed by atoms with Crippen molar-refractivity contribution in [1.29, 1.82) is 0 Å². The van der Waals surface area contributed by atoms with E-state index in [1.54, 1.807) is 0 Å². The Kier molecular flexibility index (Phi) is 8.73. The van der Waals surface area contributed by atoms with Crippen molar-refractivity contribution in [3.63, 3.8) is 0 Å². The average Bonchev–Trinajstić information content (AvgIpc) is 3.26. The van der Waals surface area contributed by atoms with Gasteiger partial charge in [-0.3, -0.25) is 19.2 Å². The topological polar surface area (TPSA) is 168 Å². The van der Waals surface area contributed by atoms with Gasteiger partial charge in [-0.2, -0.15) is 0 Å². The van der Waals surface area contributed by atoms with Crippen LogP contribution in [0.1, 0.15) is 34.3 Å². The Bertz CT molecular complexity index is 1010. The van der Waals surface area contributed by atoms with Crippen molar-refractivity contribution in [2.45, 2.75) is 25.4 Å². The predicted molar refractivity (Wildman–Crippen MR) is 111 cm³/mol. The summed E-state index contributed by atoms with van der Waals surface area (Å²) in [5.74, 6) is -4.80. The Balaban J connectivity index is 1.99. The number of Topliss-reactive ketones (excluding diaryl/α,β-unsaturated/α-hetero) is 1. The van der Waals surface area contributed by atoms with Crippen molar-refractivity contribution in [3.8, 4) is 0 Å². The highest BCUT2D eigenvalue weighted by Gasteiger charge is 2.28. The van der Waals surface area contributed by atoms with E-state index in [2.05, 4.69) is 20.6 Å². The summed E-state index contributed by atoms with van der Waals surface area (Å²) in [6.45, 7) is 0.490. The summed E-state index contributed by atoms with van der Waals surface area (Å²) in [5, 5.41) is 13.6. The lowest BCUT2D eigenvalue weighted by molar-refractivity contribution is -0.140. The standard InChI is InChI=1S/C19H18Cl2N4O7/c1-9(24-18(30)16-22-5-6-23-16)17(29)25-12(7-14(27)28)13(26)8-32-19(31)15-10(20)3-2-4-11(15)21/h2-6,9,12H,7-8H2,1H3,(H,22,23)(H,24,30)(H,25,29)(H,27,28)/t9-,12?/m0/s1. The van der Waals surface area contributed by atoms with Gasteiger partial charge in [-0.1, -0.05) is 29.3 Å². The van der Waals surface area contributed by atoms with Crippen molar-refractivity contribution in [2.75, 3.05) is 6.61 Å². The number of hydrogen-bond acceptors (Lipinski definition) is 7. The third-order valence-electron chi connectivity index (χ3n) is 4.05. The summed E-state index contributed by atoms with van der Waals surface area (Å²) in [6, 6.07) is 1.67. The summed E-state index contributed by atoms with van der Waals surface area (Å²) in [4.78, 5) is 66.4. The molecule has 1 aromatic heterocycles. The van der Waals surface area contributed by atoms with Crippen molar-refractivity contribution in [3.05, 3.63) is 52.0 Å². The molecular formula is C19H18Cl2N4O7. The normalized spacial score (nSPS) is 12.3. The van der Waals surface area contributed by atoms with E-state index in [1.165, 1.54) is 37.5 Å². The zero-order valence-electron chi connectivity index (χ0n) is 16.6. The summed E-state index contributed by atoms with van der Waals surface area (Å²) in [5.41, 5.74) is -0.156. The van der Waals surface area contributed by atoms with Crippen LogP contribution < -0.4 is 10.6 Å². The number of ether oxygens (including phenoxy) is 1. The van der Waals surface area contributed by atoms with Crippen LogP contribution in [0.2, 0.25) is 10.0 Å². The molecule has 2 amide bonds. The number of aromatic amines is 1. The van der Waals surface area contributed by atoms with E-state index in [4.69, 9.17) is 33.0 Å². The molecular weight excluding hydrogens is 467 g/mol. The van der Waals surface area contributed by atoms with Gasteiger partial charge >= 0.3 is 11.9 Å². The number of carboxylic acids is 1. The summed E-state index contributed by atoms with van der Waals surface area (Å²) < 4.78 is 4.89. The number of nitrogens with zero attached hydrogens (tertiary/aromatic N) is 1. The molecule has 11 nitrogen and oxygen atoms in total. The summed E-state index contributed by atoms with van der Waals surface area (Å²) >= 11 is 11.8. The van der Waals surface area contributed by atoms with Crippen LogP contribution in [0.4, 0.5) is 0 Å². The summed E-state index contributed by atoms with van der Waals surface area (Å²) in [6.07, 6.45) is 1.99. The second-order valence-corrected chi connectivity index (χ2v) is 7.25. The van der Waals surface area contributed by atoms with E-state index in [1.807, 2.05) is 0 Å². The number of aliphatic carboxylic acids is 1. The number of aromatic nitrogens is 2. The molecule has 0 aliphatic rings. The van der Waals surface area contributed by atoms with Crippen molar-refractivity contribution < 1.29 is 33.8 Å². The summed E-state index contributed by atoms with van der Waals surface area (Å²) in [7, 11) is 0. The fourth-order valence-electron chi connectivity index (χ4n) is 2.44. The highest BCUT2D eigenvalue weighted by Crippen LogP contribution is 2.24. The number of ketones is 1. The minimum absolute atomic E-state index is 0.00598. The Morgan fingerprint density at radius 2 is 1.81 bits per heavy atom. The zero-order chi connectivity index (χ0) is 23.8. The minimum Gasteiger partial charge on any atom is -0.481 e. The molecule has 0 spiro atoms. The van der Waals surface area contributed by atoms with Gasteiger partial charge < -0.3 is 25.5 Å². The number of carbonyl (C=O) groups is 5. The molecule has 0 aliphatic heterocycles. The monoisotopic (exact) mass is 484 g/mol.